The van der Waals surface area contributed by atoms with Crippen molar-refractivity contribution in [1.82, 2.24) is 15.0 Å². The van der Waals surface area contributed by atoms with Crippen molar-refractivity contribution in [3.63, 3.8) is 0 Å². The van der Waals surface area contributed by atoms with Crippen molar-refractivity contribution in [3.8, 4) is 79.0 Å². The average molecular weight is 652 g/mol. The number of rotatable bonds is 5. The van der Waals surface area contributed by atoms with Crippen molar-refractivity contribution in [3.05, 3.63) is 176 Å². The molecule has 0 bridgehead atoms. The van der Waals surface area contributed by atoms with Gasteiger partial charge in [-0.25, -0.2) is 15.0 Å². The minimum atomic E-state index is 0.628. The highest BCUT2D eigenvalue weighted by Gasteiger charge is 2.21. The van der Waals surface area contributed by atoms with E-state index in [1.54, 1.807) is 0 Å². The van der Waals surface area contributed by atoms with Crippen LogP contribution in [0, 0.1) is 0 Å². The maximum Gasteiger partial charge on any atom is 0.164 e. The molecule has 2 heterocycles. The Morgan fingerprint density at radius 3 is 1.61 bits per heavy atom. The Morgan fingerprint density at radius 2 is 0.863 bits per heavy atom. The summed E-state index contributed by atoms with van der Waals surface area (Å²) < 4.78 is 6.35. The standard InChI is InChI=1S/C47H29N3O/c1-3-11-31(12-4-1)36-17-9-19-38-37(36)18-10-21-40(38)47-49-45(33-13-5-2-6-14-33)48-46(50-47)34-25-23-30(24-26-34)35-27-28-42-41(29-35)39-20-7-15-32-16-8-22-43(51-42)44(32)39/h1-29H. The summed E-state index contributed by atoms with van der Waals surface area (Å²) in [4.78, 5) is 15.2. The van der Waals surface area contributed by atoms with Gasteiger partial charge in [-0.1, -0.05) is 158 Å². The molecule has 8 aromatic carbocycles. The Balaban J connectivity index is 1.07. The third-order valence-corrected chi connectivity index (χ3v) is 9.75. The third kappa shape index (κ3) is 5.04. The van der Waals surface area contributed by atoms with E-state index in [-0.39, 0.29) is 0 Å². The minimum absolute atomic E-state index is 0.628. The zero-order chi connectivity index (χ0) is 33.7. The zero-order valence-electron chi connectivity index (χ0n) is 27.5. The van der Waals surface area contributed by atoms with Gasteiger partial charge in [0.15, 0.2) is 17.5 Å². The van der Waals surface area contributed by atoms with Crippen LogP contribution in [0.5, 0.6) is 11.5 Å². The highest BCUT2D eigenvalue weighted by Crippen LogP contribution is 2.47. The molecule has 10 rings (SSSR count). The van der Waals surface area contributed by atoms with E-state index >= 15 is 0 Å². The van der Waals surface area contributed by atoms with Crippen LogP contribution < -0.4 is 4.74 Å². The first kappa shape index (κ1) is 29.0. The molecule has 0 fully saturated rings. The minimum Gasteiger partial charge on any atom is -0.456 e. The molecule has 0 saturated heterocycles. The molecule has 238 valence electrons. The SMILES string of the molecule is c1ccc(-c2nc(-c3ccc(-c4ccc5c(c4)-c4cccc6cccc(c46)O5)cc3)nc(-c3cccc4c(-c5ccccc5)cccc34)n2)cc1. The van der Waals surface area contributed by atoms with Crippen LogP contribution in [0.2, 0.25) is 0 Å². The van der Waals surface area contributed by atoms with E-state index in [9.17, 15) is 0 Å². The number of aromatic nitrogens is 3. The summed E-state index contributed by atoms with van der Waals surface area (Å²) in [5, 5.41) is 4.59. The van der Waals surface area contributed by atoms with Gasteiger partial charge in [0, 0.05) is 27.6 Å². The van der Waals surface area contributed by atoms with Gasteiger partial charge in [0.2, 0.25) is 0 Å². The molecule has 4 heteroatoms. The van der Waals surface area contributed by atoms with E-state index in [4.69, 9.17) is 19.7 Å². The van der Waals surface area contributed by atoms with Crippen LogP contribution in [0.15, 0.2) is 176 Å². The first-order valence-corrected chi connectivity index (χ1v) is 17.1. The zero-order valence-corrected chi connectivity index (χ0v) is 27.5. The van der Waals surface area contributed by atoms with Crippen LogP contribution in [0.4, 0.5) is 0 Å². The topological polar surface area (TPSA) is 47.9 Å². The van der Waals surface area contributed by atoms with Gasteiger partial charge in [-0.2, -0.15) is 0 Å². The fourth-order valence-corrected chi connectivity index (χ4v) is 7.27. The molecule has 51 heavy (non-hydrogen) atoms. The Kier molecular flexibility index (Phi) is 6.78. The first-order valence-electron chi connectivity index (χ1n) is 17.1. The Bertz CT molecular complexity index is 2750. The number of benzene rings is 8. The summed E-state index contributed by atoms with van der Waals surface area (Å²) in [5.41, 5.74) is 9.70. The molecule has 1 aliphatic heterocycles. The van der Waals surface area contributed by atoms with Gasteiger partial charge in [-0.05, 0) is 62.2 Å². The van der Waals surface area contributed by atoms with Gasteiger partial charge in [0.25, 0.3) is 0 Å². The van der Waals surface area contributed by atoms with Crippen molar-refractivity contribution in [2.45, 2.75) is 0 Å². The van der Waals surface area contributed by atoms with Gasteiger partial charge in [-0.3, -0.25) is 0 Å². The molecule has 0 atom stereocenters. The highest BCUT2D eigenvalue weighted by atomic mass is 16.5. The van der Waals surface area contributed by atoms with Crippen molar-refractivity contribution in [1.29, 1.82) is 0 Å². The van der Waals surface area contributed by atoms with Crippen LogP contribution >= 0.6 is 0 Å². The molecule has 0 spiro atoms. The Hall–Kier alpha value is -6.91. The number of nitrogens with zero attached hydrogens (tertiary/aromatic N) is 3. The van der Waals surface area contributed by atoms with E-state index < -0.39 is 0 Å². The summed E-state index contributed by atoms with van der Waals surface area (Å²) in [5.74, 6) is 3.68. The number of hydrogen-bond donors (Lipinski definition) is 0. The van der Waals surface area contributed by atoms with Gasteiger partial charge >= 0.3 is 0 Å². The van der Waals surface area contributed by atoms with Crippen LogP contribution in [-0.4, -0.2) is 15.0 Å². The lowest BCUT2D eigenvalue weighted by Crippen LogP contribution is -2.00. The Morgan fingerprint density at radius 1 is 0.314 bits per heavy atom. The predicted octanol–water partition coefficient (Wildman–Crippen LogP) is 12.3. The number of ether oxygens (including phenoxy) is 1. The maximum atomic E-state index is 6.35. The molecular formula is C47H29N3O. The van der Waals surface area contributed by atoms with Gasteiger partial charge in [0.05, 0.1) is 0 Å². The monoisotopic (exact) mass is 651 g/mol. The predicted molar refractivity (Wildman–Crippen MR) is 208 cm³/mol. The lowest BCUT2D eigenvalue weighted by atomic mass is 9.92. The van der Waals surface area contributed by atoms with Crippen molar-refractivity contribution < 1.29 is 4.74 Å². The van der Waals surface area contributed by atoms with E-state index in [1.165, 1.54) is 22.1 Å². The maximum absolute atomic E-state index is 6.35. The van der Waals surface area contributed by atoms with Crippen LogP contribution in [-0.2, 0) is 0 Å². The lowest BCUT2D eigenvalue weighted by molar-refractivity contribution is 0.487. The smallest absolute Gasteiger partial charge is 0.164 e. The fourth-order valence-electron chi connectivity index (χ4n) is 7.27. The van der Waals surface area contributed by atoms with Gasteiger partial charge in [-0.15, -0.1) is 0 Å². The van der Waals surface area contributed by atoms with Crippen molar-refractivity contribution >= 4 is 21.5 Å². The largest absolute Gasteiger partial charge is 0.456 e. The second kappa shape index (κ2) is 11.9. The molecule has 9 aromatic rings. The summed E-state index contributed by atoms with van der Waals surface area (Å²) in [6, 6.07) is 61.0. The molecule has 1 aromatic heterocycles. The number of hydrogen-bond acceptors (Lipinski definition) is 4. The summed E-state index contributed by atoms with van der Waals surface area (Å²) >= 11 is 0. The second-order valence-electron chi connectivity index (χ2n) is 12.8. The first-order chi connectivity index (χ1) is 25.3. The lowest BCUT2D eigenvalue weighted by Gasteiger charge is -2.22. The molecule has 0 saturated carbocycles. The molecule has 0 amide bonds. The van der Waals surface area contributed by atoms with E-state index in [1.807, 2.05) is 48.5 Å². The molecule has 0 radical (unpaired) electrons. The molecule has 0 unspecified atom stereocenters. The van der Waals surface area contributed by atoms with Crippen molar-refractivity contribution in [2.75, 3.05) is 0 Å². The highest BCUT2D eigenvalue weighted by molar-refractivity contribution is 6.05. The van der Waals surface area contributed by atoms with E-state index in [0.717, 1.165) is 61.0 Å². The molecule has 4 nitrogen and oxygen atoms in total. The molecule has 1 aliphatic rings. The van der Waals surface area contributed by atoms with Gasteiger partial charge in [0.1, 0.15) is 11.5 Å². The quantitative estimate of drug-likeness (QED) is 0.186. The summed E-state index contributed by atoms with van der Waals surface area (Å²) in [7, 11) is 0. The van der Waals surface area contributed by atoms with Crippen LogP contribution in [0.25, 0.3) is 89.1 Å². The van der Waals surface area contributed by atoms with Crippen LogP contribution in [0.3, 0.4) is 0 Å². The third-order valence-electron chi connectivity index (χ3n) is 9.75. The number of fused-ring (bicyclic) bond motifs is 3. The van der Waals surface area contributed by atoms with E-state index in [0.29, 0.717) is 17.5 Å². The van der Waals surface area contributed by atoms with Crippen LogP contribution in [0.1, 0.15) is 0 Å². The second-order valence-corrected chi connectivity index (χ2v) is 12.8. The Labute approximate surface area is 295 Å². The van der Waals surface area contributed by atoms with E-state index in [2.05, 4.69) is 127 Å². The van der Waals surface area contributed by atoms with Crippen molar-refractivity contribution in [2.24, 2.45) is 0 Å². The molecule has 0 N–H and O–H groups in total. The van der Waals surface area contributed by atoms with Gasteiger partial charge < -0.3 is 4.74 Å². The fraction of sp³-hybridized carbons (Fsp3) is 0. The normalized spacial score (nSPS) is 11.7. The summed E-state index contributed by atoms with van der Waals surface area (Å²) in [6.45, 7) is 0. The average Bonchev–Trinajstić information content (AvgIpc) is 3.21. The molecule has 0 aliphatic carbocycles. The summed E-state index contributed by atoms with van der Waals surface area (Å²) in [6.07, 6.45) is 0. The molecular weight excluding hydrogens is 623 g/mol.